The molecule has 10 saturated heterocycles. The summed E-state index contributed by atoms with van der Waals surface area (Å²) in [4.78, 5) is 39.0. The summed E-state index contributed by atoms with van der Waals surface area (Å²) in [6.07, 6.45) is -107. The Kier molecular flexibility index (Phi) is 37.3. The molecule has 10 aliphatic rings. The Bertz CT molecular complexity index is 3710. The first kappa shape index (κ1) is 105. The summed E-state index contributed by atoms with van der Waals surface area (Å²) in [6.45, 7) is -7.39. The normalized spacial score (nSPS) is 48.5. The third kappa shape index (κ3) is 24.4. The highest BCUT2D eigenvalue weighted by Crippen LogP contribution is 2.42. The van der Waals surface area contributed by atoms with E-state index in [2.05, 4.69) is 24.3 Å². The maximum Gasteiger partial charge on any atom is 0.397 e. The molecular formula is C66H111N3O56S2. The number of ether oxygens (including phenoxy) is 19. The molecule has 0 aromatic carbocycles. The van der Waals surface area contributed by atoms with E-state index in [4.69, 9.17) is 90.0 Å². The number of aliphatic hydroxyl groups is 26. The minimum absolute atomic E-state index is 0.769. The van der Waals surface area contributed by atoms with Gasteiger partial charge in [0.05, 0.1) is 65.6 Å². The number of amides is 3. The SMILES string of the molecule is CC(=O)N[C@@H]1[C@@H](O)[C@H](O[C@@H]2O[C@H](CO)[C@@H](O[C@@H]3O[C@H](CO[C@H]4O[C@H](CO[C@H]5O[C@H](CO)[C@@H](O)[C@H](O)[C@@H]5O)[C@@H](O)[C@H](O[C@H]5O[C@H](CO)[C@@H](O)[C@H](O)[C@@H]5O)[C@@H]4O)[C@@H](O)[C@H](O[C@H]4O[C@H](CO)[C@@H](O)[C@H](O)[C@@H]4O[C@@H]4O[C@H](COS(=O)(=O)O)[C@@H](O[C@@H]5O[C@@H](C)[C@@H](O)[C@@H](O)[C@@H]5O)[C@H](O[C@@H]5O[C@H](CO)[C@H](OS(=O)(=O)O)[C@H](O)[C@H]5O)[C@H]4NC(C)=O)[C@@H]3O)[C@H](O)[C@H]2NC(C)=O)[C@@H](CO)O[C@H]1O. The molecule has 31 N–H and O–H groups in total. The third-order valence-corrected chi connectivity index (χ3v) is 23.3. The molecule has 0 bridgehead atoms. The van der Waals surface area contributed by atoms with Crippen LogP contribution in [0.25, 0.3) is 0 Å². The van der Waals surface area contributed by atoms with E-state index in [-0.39, 0.29) is 0 Å². The Hall–Kier alpha value is -3.65. The minimum Gasteiger partial charge on any atom is -0.394 e. The van der Waals surface area contributed by atoms with Crippen LogP contribution in [0.15, 0.2) is 0 Å². The second-order valence-corrected chi connectivity index (χ2v) is 33.4. The second kappa shape index (κ2) is 44.9. The largest absolute Gasteiger partial charge is 0.397 e. The minimum atomic E-state index is -5.71. The van der Waals surface area contributed by atoms with E-state index in [0.717, 1.165) is 27.7 Å². The smallest absolute Gasteiger partial charge is 0.394 e. The van der Waals surface area contributed by atoms with Crippen LogP contribution in [0, 0.1) is 0 Å². The van der Waals surface area contributed by atoms with Crippen LogP contribution >= 0.6 is 0 Å². The molecule has 0 aliphatic carbocycles. The van der Waals surface area contributed by atoms with Crippen molar-refractivity contribution < 1.29 is 271 Å². The molecule has 0 aromatic rings. The predicted octanol–water partition coefficient (Wildman–Crippen LogP) is -21.7. The van der Waals surface area contributed by atoms with Crippen LogP contribution in [0.1, 0.15) is 27.7 Å². The first-order valence-electron chi connectivity index (χ1n) is 39.3. The van der Waals surface area contributed by atoms with Gasteiger partial charge in [-0.3, -0.25) is 23.5 Å². The lowest BCUT2D eigenvalue weighted by Gasteiger charge is -2.52. The molecule has 127 heavy (non-hydrogen) atoms. The van der Waals surface area contributed by atoms with Crippen LogP contribution in [0.3, 0.4) is 0 Å². The lowest BCUT2D eigenvalue weighted by atomic mass is 9.93. The standard InChI is InChI=1S/C66H111N3O56S2/c1-14-30(79)38(87)44(93)62(108-14)120-52-26(13-107-126(99,100)101)117-59(29(69-17(4)78)53(52)121-64-46(95)42(91)51(23(10-75)114-64)125-127(102,103)104)124-56-41(90)33(82)20(7-72)112-66(56)123-55-35(84)25(116-65(48(55)97)119-50-22(9-74)113-58(28(37(50)86)68-16(3)77)118-49-21(8-73)109-57(98)27(36(49)85)67-15(2)76)12-106-61-47(96)54(122-63-45(94)40(89)32(81)19(6-71)111-63)34(83)24(115-61)11-105-60-43(92)39(88)31(80)18(5-70)110-60/h14,18-66,70-75,79-98H,5-13H2,1-4H3,(H,67,76)(H,68,77)(H,69,78)(H,99,100,101)(H,102,103,104)/t14-,18+,19+,20+,21+,22+,23+,24+,25+,26+,27+,28+,29+,30+,31+,32+,33+,34+,35+,36+,37+,38+,39-,40-,41-,42+,43-,44-,45-,46+,47-,48-,49+,50+,51-,52+,53+,54-,55-,56-,57+,58-,59-,60-,61-,62-,63+,64-,65-,66+/m0/s1. The van der Waals surface area contributed by atoms with Gasteiger partial charge in [0.2, 0.25) is 17.7 Å². The Balaban J connectivity index is 1.05. The van der Waals surface area contributed by atoms with Crippen LogP contribution in [-0.4, -0.2) is 543 Å². The van der Waals surface area contributed by atoms with E-state index in [0.29, 0.717) is 0 Å². The first-order valence-corrected chi connectivity index (χ1v) is 42.1. The summed E-state index contributed by atoms with van der Waals surface area (Å²) in [7, 11) is -11.3. The van der Waals surface area contributed by atoms with Gasteiger partial charge in [-0.05, 0) is 6.92 Å². The zero-order valence-corrected chi connectivity index (χ0v) is 68.6. The number of aliphatic hydroxyl groups excluding tert-OH is 26. The molecule has 61 heteroatoms. The Morgan fingerprint density at radius 1 is 0.268 bits per heavy atom. The van der Waals surface area contributed by atoms with Crippen molar-refractivity contribution in [3.05, 3.63) is 0 Å². The topological polar surface area (TPSA) is 916 Å². The van der Waals surface area contributed by atoms with Crippen molar-refractivity contribution in [2.75, 3.05) is 59.5 Å². The summed E-state index contributed by atoms with van der Waals surface area (Å²) in [6, 6.07) is -6.11. The Morgan fingerprint density at radius 2 is 0.591 bits per heavy atom. The lowest BCUT2D eigenvalue weighted by Crippen LogP contribution is -2.71. The molecule has 59 nitrogen and oxygen atoms in total. The van der Waals surface area contributed by atoms with Gasteiger partial charge in [0.25, 0.3) is 0 Å². The first-order chi connectivity index (χ1) is 59.6. The van der Waals surface area contributed by atoms with Crippen LogP contribution in [0.5, 0.6) is 0 Å². The summed E-state index contributed by atoms with van der Waals surface area (Å²) in [5, 5.41) is 298. The lowest BCUT2D eigenvalue weighted by molar-refractivity contribution is -0.403. The van der Waals surface area contributed by atoms with Crippen LogP contribution in [-0.2, 0) is 134 Å². The van der Waals surface area contributed by atoms with Gasteiger partial charge in [0.15, 0.2) is 62.9 Å². The average molecular weight is 1910 g/mol. The fourth-order valence-corrected chi connectivity index (χ4v) is 16.6. The van der Waals surface area contributed by atoms with Crippen molar-refractivity contribution in [1.29, 1.82) is 0 Å². The van der Waals surface area contributed by atoms with E-state index in [1.807, 2.05) is 0 Å². The highest BCUT2D eigenvalue weighted by Gasteiger charge is 2.62. The fourth-order valence-electron chi connectivity index (χ4n) is 15.8. The van der Waals surface area contributed by atoms with Gasteiger partial charge >= 0.3 is 20.8 Å². The third-order valence-electron chi connectivity index (χ3n) is 22.4. The average Bonchev–Trinajstić information content (AvgIpc) is 0.754. The van der Waals surface area contributed by atoms with Crippen LogP contribution < -0.4 is 16.0 Å². The molecule has 0 saturated carbocycles. The van der Waals surface area contributed by atoms with Crippen molar-refractivity contribution in [3.63, 3.8) is 0 Å². The number of hydrogen-bond acceptors (Lipinski definition) is 54. The molecule has 0 spiro atoms. The van der Waals surface area contributed by atoms with E-state index in [1.54, 1.807) is 0 Å². The Labute approximate surface area is 717 Å². The second-order valence-electron chi connectivity index (χ2n) is 31.3. The van der Waals surface area contributed by atoms with Gasteiger partial charge in [-0.25, -0.2) is 8.37 Å². The number of carbonyl (C=O) groups is 3. The molecule has 10 heterocycles. The van der Waals surface area contributed by atoms with Gasteiger partial charge < -0.3 is 239 Å². The maximum atomic E-state index is 13.7. The highest BCUT2D eigenvalue weighted by molar-refractivity contribution is 7.81. The van der Waals surface area contributed by atoms with E-state index >= 15 is 0 Å². The van der Waals surface area contributed by atoms with Gasteiger partial charge in [0.1, 0.15) is 238 Å². The summed E-state index contributed by atoms with van der Waals surface area (Å²) < 4.78 is 190. The number of carbonyl (C=O) groups excluding carboxylic acids is 3. The van der Waals surface area contributed by atoms with Crippen molar-refractivity contribution in [2.24, 2.45) is 0 Å². The zero-order chi connectivity index (χ0) is 93.9. The van der Waals surface area contributed by atoms with Crippen LogP contribution in [0.2, 0.25) is 0 Å². The summed E-state index contributed by atoms with van der Waals surface area (Å²) >= 11 is 0. The predicted molar refractivity (Wildman–Crippen MR) is 384 cm³/mol. The Morgan fingerprint density at radius 3 is 1.10 bits per heavy atom. The molecule has 0 radical (unpaired) electrons. The van der Waals surface area contributed by atoms with Gasteiger partial charge in [-0.15, -0.1) is 0 Å². The van der Waals surface area contributed by atoms with Crippen LogP contribution in [0.4, 0.5) is 0 Å². The molecule has 3 amide bonds. The fraction of sp³-hybridized carbons (Fsp3) is 0.955. The van der Waals surface area contributed by atoms with Gasteiger partial charge in [-0.2, -0.15) is 16.8 Å². The number of rotatable bonds is 34. The van der Waals surface area contributed by atoms with E-state index in [9.17, 15) is 173 Å². The molecular weight excluding hydrogens is 1790 g/mol. The quantitative estimate of drug-likeness (QED) is 0.0266. The summed E-state index contributed by atoms with van der Waals surface area (Å²) in [5.41, 5.74) is 0. The molecule has 10 rings (SSSR count). The molecule has 10 fully saturated rings. The molecule has 10 aliphatic heterocycles. The van der Waals surface area contributed by atoms with Gasteiger partial charge in [0, 0.05) is 20.8 Å². The zero-order valence-electron chi connectivity index (χ0n) is 67.0. The summed E-state index contributed by atoms with van der Waals surface area (Å²) in [5.74, 6) is -3.06. The number of hydrogen-bond donors (Lipinski definition) is 31. The molecule has 50 atom stereocenters. The molecule has 738 valence electrons. The highest BCUT2D eigenvalue weighted by atomic mass is 32.3. The monoisotopic (exact) mass is 1910 g/mol. The maximum absolute atomic E-state index is 13.7. The van der Waals surface area contributed by atoms with Crippen molar-refractivity contribution >= 4 is 38.5 Å². The number of nitrogens with one attached hydrogen (secondary N) is 3. The van der Waals surface area contributed by atoms with E-state index < -0.39 is 405 Å². The van der Waals surface area contributed by atoms with Crippen molar-refractivity contribution in [3.8, 4) is 0 Å². The van der Waals surface area contributed by atoms with Crippen molar-refractivity contribution in [2.45, 2.75) is 335 Å². The molecule has 0 unspecified atom stereocenters. The molecule has 0 aromatic heterocycles. The van der Waals surface area contributed by atoms with Gasteiger partial charge in [-0.1, -0.05) is 0 Å². The van der Waals surface area contributed by atoms with Crippen molar-refractivity contribution in [1.82, 2.24) is 16.0 Å². The van der Waals surface area contributed by atoms with E-state index in [1.165, 1.54) is 0 Å².